The van der Waals surface area contributed by atoms with Gasteiger partial charge < -0.3 is 20.2 Å². The number of hydrogen-bond donors (Lipinski definition) is 2. The highest BCUT2D eigenvalue weighted by atomic mass is 35.5. The molecule has 0 unspecified atom stereocenters. The highest BCUT2D eigenvalue weighted by Gasteiger charge is 2.32. The maximum atomic E-state index is 13.0. The number of amides is 1. The minimum absolute atomic E-state index is 0.303. The van der Waals surface area contributed by atoms with Gasteiger partial charge in [-0.15, -0.1) is 11.3 Å². The van der Waals surface area contributed by atoms with E-state index in [0.29, 0.717) is 44.9 Å². The van der Waals surface area contributed by atoms with Crippen LogP contribution in [0.25, 0.3) is 21.5 Å². The largest absolute Gasteiger partial charge is 0.464 e. The van der Waals surface area contributed by atoms with Crippen LogP contribution in [0.5, 0.6) is 0 Å². The van der Waals surface area contributed by atoms with Crippen LogP contribution in [0.3, 0.4) is 0 Å². The molecule has 0 fully saturated rings. The lowest BCUT2D eigenvalue weighted by molar-refractivity contribution is -0.0409. The zero-order valence-electron chi connectivity index (χ0n) is 17.0. The van der Waals surface area contributed by atoms with Crippen molar-refractivity contribution < 1.29 is 13.9 Å². The Morgan fingerprint density at radius 1 is 1.29 bits per heavy atom. The van der Waals surface area contributed by atoms with Crippen molar-refractivity contribution >= 4 is 50.4 Å². The lowest BCUT2D eigenvalue weighted by atomic mass is 9.91. The van der Waals surface area contributed by atoms with E-state index in [1.807, 2.05) is 26.0 Å². The van der Waals surface area contributed by atoms with Gasteiger partial charge in [-0.25, -0.2) is 4.98 Å². The number of ether oxygens (including phenoxy) is 1. The summed E-state index contributed by atoms with van der Waals surface area (Å²) >= 11 is 7.31. The Hall–Kier alpha value is -2.87. The number of thiophene rings is 1. The molecule has 0 spiro atoms. The molecule has 8 heteroatoms. The number of hydrogen-bond acceptors (Lipinski definition) is 6. The molecule has 1 amide bonds. The van der Waals surface area contributed by atoms with Crippen LogP contribution in [0.4, 0.5) is 11.4 Å². The van der Waals surface area contributed by atoms with E-state index in [2.05, 4.69) is 5.32 Å². The van der Waals surface area contributed by atoms with Crippen LogP contribution in [0, 0.1) is 0 Å². The zero-order chi connectivity index (χ0) is 21.8. The predicted molar refractivity (Wildman–Crippen MR) is 124 cm³/mol. The fourth-order valence-corrected chi connectivity index (χ4v) is 5.09. The Bertz CT molecular complexity index is 1310. The normalized spacial score (nSPS) is 15.1. The second-order valence-electron chi connectivity index (χ2n) is 8.10. The third kappa shape index (κ3) is 3.59. The number of pyridine rings is 1. The number of rotatable bonds is 3. The van der Waals surface area contributed by atoms with Crippen molar-refractivity contribution in [3.63, 3.8) is 0 Å². The standard InChI is InChI=1S/C23H20ClN3O3S/c1-23(2)10-15-14(11-30-23)17(16-7-4-8-29-16)18-19(25)20(31-22(18)27-15)21(28)26-13-6-3-5-12(24)9-13/h3-9H,10-11,25H2,1-2H3,(H,26,28). The average Bonchev–Trinajstić information content (AvgIpc) is 3.34. The Morgan fingerprint density at radius 2 is 2.13 bits per heavy atom. The van der Waals surface area contributed by atoms with E-state index >= 15 is 0 Å². The van der Waals surface area contributed by atoms with Crippen LogP contribution in [-0.4, -0.2) is 16.5 Å². The first-order chi connectivity index (χ1) is 14.8. The third-order valence-corrected chi connectivity index (χ3v) is 6.65. The minimum Gasteiger partial charge on any atom is -0.464 e. The van der Waals surface area contributed by atoms with Crippen molar-refractivity contribution in [1.29, 1.82) is 0 Å². The number of benzene rings is 1. The van der Waals surface area contributed by atoms with E-state index in [0.717, 1.165) is 22.2 Å². The monoisotopic (exact) mass is 453 g/mol. The molecular formula is C23H20ClN3O3S. The molecule has 0 bridgehead atoms. The fourth-order valence-electron chi connectivity index (χ4n) is 3.88. The summed E-state index contributed by atoms with van der Waals surface area (Å²) in [6.07, 6.45) is 2.28. The molecule has 158 valence electrons. The molecule has 1 aliphatic heterocycles. The van der Waals surface area contributed by atoms with Crippen LogP contribution in [0.2, 0.25) is 5.02 Å². The second-order valence-corrected chi connectivity index (χ2v) is 9.54. The van der Waals surface area contributed by atoms with Crippen molar-refractivity contribution in [1.82, 2.24) is 4.98 Å². The average molecular weight is 454 g/mol. The number of nitrogens with zero attached hydrogens (tertiary/aromatic N) is 1. The number of fused-ring (bicyclic) bond motifs is 2. The number of furan rings is 1. The molecule has 1 aromatic carbocycles. The highest BCUT2D eigenvalue weighted by Crippen LogP contribution is 2.44. The van der Waals surface area contributed by atoms with Gasteiger partial charge in [0.25, 0.3) is 5.91 Å². The molecule has 0 saturated carbocycles. The van der Waals surface area contributed by atoms with Gasteiger partial charge in [0.15, 0.2) is 0 Å². The Morgan fingerprint density at radius 3 is 2.87 bits per heavy atom. The molecule has 4 aromatic rings. The molecule has 5 rings (SSSR count). The summed E-state index contributed by atoms with van der Waals surface area (Å²) in [6, 6.07) is 10.7. The number of nitrogens with two attached hydrogens (primary N) is 1. The van der Waals surface area contributed by atoms with E-state index in [1.54, 1.807) is 30.5 Å². The summed E-state index contributed by atoms with van der Waals surface area (Å²) in [7, 11) is 0. The summed E-state index contributed by atoms with van der Waals surface area (Å²) in [4.78, 5) is 19.0. The summed E-state index contributed by atoms with van der Waals surface area (Å²) in [5, 5.41) is 4.13. The van der Waals surface area contributed by atoms with E-state index in [-0.39, 0.29) is 11.5 Å². The molecule has 0 atom stereocenters. The van der Waals surface area contributed by atoms with Gasteiger partial charge in [0.1, 0.15) is 15.5 Å². The first-order valence-electron chi connectivity index (χ1n) is 9.81. The Balaban J connectivity index is 1.67. The lowest BCUT2D eigenvalue weighted by Crippen LogP contribution is -2.32. The molecular weight excluding hydrogens is 434 g/mol. The first kappa shape index (κ1) is 20.1. The maximum absolute atomic E-state index is 13.0. The van der Waals surface area contributed by atoms with Gasteiger partial charge in [-0.05, 0) is 44.2 Å². The van der Waals surface area contributed by atoms with Crippen molar-refractivity contribution in [2.45, 2.75) is 32.5 Å². The summed E-state index contributed by atoms with van der Waals surface area (Å²) in [5.41, 5.74) is 9.92. The molecule has 0 radical (unpaired) electrons. The number of aromatic nitrogens is 1. The maximum Gasteiger partial charge on any atom is 0.267 e. The topological polar surface area (TPSA) is 90.4 Å². The van der Waals surface area contributed by atoms with E-state index in [4.69, 9.17) is 31.5 Å². The van der Waals surface area contributed by atoms with E-state index in [9.17, 15) is 4.79 Å². The van der Waals surface area contributed by atoms with Crippen molar-refractivity contribution in [3.05, 3.63) is 63.8 Å². The van der Waals surface area contributed by atoms with Crippen molar-refractivity contribution in [2.75, 3.05) is 11.1 Å². The van der Waals surface area contributed by atoms with Crippen LogP contribution >= 0.6 is 22.9 Å². The van der Waals surface area contributed by atoms with Gasteiger partial charge in [0.05, 0.1) is 29.9 Å². The molecule has 3 N–H and O–H groups in total. The Kier molecular flexibility index (Phi) is 4.77. The van der Waals surface area contributed by atoms with Gasteiger partial charge in [-0.1, -0.05) is 17.7 Å². The van der Waals surface area contributed by atoms with Crippen LogP contribution in [-0.2, 0) is 17.8 Å². The number of carbonyl (C=O) groups is 1. The van der Waals surface area contributed by atoms with Gasteiger partial charge in [-0.3, -0.25) is 4.79 Å². The first-order valence-corrected chi connectivity index (χ1v) is 11.0. The van der Waals surface area contributed by atoms with Crippen LogP contribution in [0.15, 0.2) is 47.1 Å². The molecule has 31 heavy (non-hydrogen) atoms. The highest BCUT2D eigenvalue weighted by molar-refractivity contribution is 7.21. The van der Waals surface area contributed by atoms with Crippen LogP contribution in [0.1, 0.15) is 34.8 Å². The number of nitrogens with one attached hydrogen (secondary N) is 1. The zero-order valence-corrected chi connectivity index (χ0v) is 18.6. The predicted octanol–water partition coefficient (Wildman–Crippen LogP) is 5.90. The molecule has 1 aliphatic rings. The van der Waals surface area contributed by atoms with Gasteiger partial charge in [0, 0.05) is 33.6 Å². The summed E-state index contributed by atoms with van der Waals surface area (Å²) in [6.45, 7) is 4.49. The second kappa shape index (κ2) is 7.37. The Labute approximate surface area is 188 Å². The molecule has 4 heterocycles. The summed E-state index contributed by atoms with van der Waals surface area (Å²) < 4.78 is 11.8. The number of carbonyl (C=O) groups excluding carboxylic acids is 1. The van der Waals surface area contributed by atoms with Gasteiger partial charge in [-0.2, -0.15) is 0 Å². The van der Waals surface area contributed by atoms with Crippen LogP contribution < -0.4 is 11.1 Å². The molecule has 0 saturated heterocycles. The van der Waals surface area contributed by atoms with E-state index in [1.165, 1.54) is 11.3 Å². The van der Waals surface area contributed by atoms with Crippen molar-refractivity contribution in [2.24, 2.45) is 0 Å². The summed E-state index contributed by atoms with van der Waals surface area (Å²) in [5.74, 6) is 0.376. The number of nitrogen functional groups attached to an aromatic ring is 1. The minimum atomic E-state index is -0.316. The number of halogens is 1. The smallest absolute Gasteiger partial charge is 0.267 e. The molecule has 3 aromatic heterocycles. The van der Waals surface area contributed by atoms with Crippen molar-refractivity contribution in [3.8, 4) is 11.3 Å². The van der Waals surface area contributed by atoms with Gasteiger partial charge in [0.2, 0.25) is 0 Å². The quantitative estimate of drug-likeness (QED) is 0.403. The molecule has 0 aliphatic carbocycles. The third-order valence-electron chi connectivity index (χ3n) is 5.32. The SMILES string of the molecule is CC1(C)Cc2nc3sc(C(=O)Nc4cccc(Cl)c4)c(N)c3c(-c3ccco3)c2CO1. The number of anilines is 2. The fraction of sp³-hybridized carbons (Fsp3) is 0.217. The molecule has 6 nitrogen and oxygen atoms in total. The van der Waals surface area contributed by atoms with Gasteiger partial charge >= 0.3 is 0 Å². The van der Waals surface area contributed by atoms with E-state index < -0.39 is 0 Å². The lowest BCUT2D eigenvalue weighted by Gasteiger charge is -2.32.